The van der Waals surface area contributed by atoms with E-state index in [4.69, 9.17) is 0 Å². The molecule has 0 heterocycles. The van der Waals surface area contributed by atoms with Gasteiger partial charge in [-0.05, 0) is 60.9 Å². The van der Waals surface area contributed by atoms with Crippen molar-refractivity contribution in [3.8, 4) is 11.1 Å². The lowest BCUT2D eigenvalue weighted by Crippen LogP contribution is -2.31. The average molecular weight is 440 g/mol. The molecule has 0 aliphatic heterocycles. The second kappa shape index (κ2) is 10.3. The number of rotatable bonds is 8. The standard InChI is InChI=1S/C24H25FN2O3S/c1-3-26(4-2)24(28)21-14-18(15-22(25)16-21)17-27(31(29)30)23-12-10-20(11-13-23)19-8-6-5-7-9-19/h5-16H,3-4,17H2,1-2H3,(H,29,30)/p-1. The Morgan fingerprint density at radius 2 is 1.55 bits per heavy atom. The first-order chi connectivity index (χ1) is 14.9. The van der Waals surface area contributed by atoms with Crippen molar-refractivity contribution < 1.29 is 17.9 Å². The van der Waals surface area contributed by atoms with Crippen molar-refractivity contribution in [2.24, 2.45) is 0 Å². The zero-order chi connectivity index (χ0) is 22.4. The molecule has 0 N–H and O–H groups in total. The molecular weight excluding hydrogens is 415 g/mol. The number of amides is 1. The molecule has 31 heavy (non-hydrogen) atoms. The van der Waals surface area contributed by atoms with Crippen LogP contribution >= 0.6 is 0 Å². The molecular formula is C24H24FN2O3S-. The molecule has 3 aromatic rings. The van der Waals surface area contributed by atoms with Gasteiger partial charge in [0.15, 0.2) is 0 Å². The number of carbonyl (C=O) groups excluding carboxylic acids is 1. The van der Waals surface area contributed by atoms with Gasteiger partial charge in [-0.2, -0.15) is 0 Å². The van der Waals surface area contributed by atoms with Crippen molar-refractivity contribution in [1.82, 2.24) is 4.90 Å². The summed E-state index contributed by atoms with van der Waals surface area (Å²) < 4.78 is 39.2. The first-order valence-corrected chi connectivity index (χ1v) is 11.1. The minimum Gasteiger partial charge on any atom is -0.755 e. The van der Waals surface area contributed by atoms with E-state index in [1.54, 1.807) is 23.1 Å². The first kappa shape index (κ1) is 22.7. The topological polar surface area (TPSA) is 63.7 Å². The van der Waals surface area contributed by atoms with Crippen LogP contribution in [0.15, 0.2) is 72.8 Å². The van der Waals surface area contributed by atoms with E-state index in [0.29, 0.717) is 24.3 Å². The fourth-order valence-corrected chi connectivity index (χ4v) is 3.95. The third-order valence-corrected chi connectivity index (χ3v) is 5.72. The molecule has 0 aromatic heterocycles. The van der Waals surface area contributed by atoms with E-state index in [2.05, 4.69) is 0 Å². The first-order valence-electron chi connectivity index (χ1n) is 10.0. The number of benzene rings is 3. The van der Waals surface area contributed by atoms with Gasteiger partial charge in [-0.15, -0.1) is 0 Å². The van der Waals surface area contributed by atoms with Gasteiger partial charge in [0, 0.05) is 35.6 Å². The van der Waals surface area contributed by atoms with Gasteiger partial charge in [0.1, 0.15) is 5.82 Å². The Kier molecular flexibility index (Phi) is 7.55. The van der Waals surface area contributed by atoms with E-state index < -0.39 is 17.1 Å². The summed E-state index contributed by atoms with van der Waals surface area (Å²) in [7, 11) is 0. The fraction of sp³-hybridized carbons (Fsp3) is 0.208. The molecule has 0 spiro atoms. The van der Waals surface area contributed by atoms with Crippen LogP contribution in [0.3, 0.4) is 0 Å². The van der Waals surface area contributed by atoms with Gasteiger partial charge < -0.3 is 9.45 Å². The molecule has 5 nitrogen and oxygen atoms in total. The van der Waals surface area contributed by atoms with E-state index in [1.165, 1.54) is 12.1 Å². The molecule has 1 atom stereocenters. The normalized spacial score (nSPS) is 11.7. The predicted octanol–water partition coefficient (Wildman–Crippen LogP) is 4.78. The van der Waals surface area contributed by atoms with Crippen molar-refractivity contribution in [1.29, 1.82) is 0 Å². The lowest BCUT2D eigenvalue weighted by Gasteiger charge is -2.27. The zero-order valence-corrected chi connectivity index (χ0v) is 18.3. The molecule has 0 aliphatic carbocycles. The SMILES string of the molecule is CCN(CC)C(=O)c1cc(F)cc(CN(c2ccc(-c3ccccc3)cc2)S(=O)[O-])c1. The fourth-order valence-electron chi connectivity index (χ4n) is 3.41. The van der Waals surface area contributed by atoms with E-state index in [-0.39, 0.29) is 18.0 Å². The maximum Gasteiger partial charge on any atom is 0.253 e. The zero-order valence-electron chi connectivity index (χ0n) is 17.5. The van der Waals surface area contributed by atoms with Crippen molar-refractivity contribution in [2.45, 2.75) is 20.4 Å². The summed E-state index contributed by atoms with van der Waals surface area (Å²) in [5.74, 6) is -0.864. The summed E-state index contributed by atoms with van der Waals surface area (Å²) in [6.07, 6.45) is 0. The van der Waals surface area contributed by atoms with Crippen LogP contribution in [0.25, 0.3) is 11.1 Å². The average Bonchev–Trinajstić information content (AvgIpc) is 2.78. The summed E-state index contributed by atoms with van der Waals surface area (Å²) in [6, 6.07) is 20.8. The highest BCUT2D eigenvalue weighted by atomic mass is 32.2. The number of hydrogen-bond donors (Lipinski definition) is 0. The molecule has 0 saturated carbocycles. The predicted molar refractivity (Wildman–Crippen MR) is 121 cm³/mol. The number of nitrogens with zero attached hydrogens (tertiary/aromatic N) is 2. The van der Waals surface area contributed by atoms with Gasteiger partial charge in [-0.3, -0.25) is 13.3 Å². The van der Waals surface area contributed by atoms with Crippen molar-refractivity contribution in [3.63, 3.8) is 0 Å². The van der Waals surface area contributed by atoms with Crippen LogP contribution in [-0.2, 0) is 17.8 Å². The number of anilines is 1. The summed E-state index contributed by atoms with van der Waals surface area (Å²) in [5, 5.41) is 0. The van der Waals surface area contributed by atoms with Gasteiger partial charge >= 0.3 is 0 Å². The lowest BCUT2D eigenvalue weighted by atomic mass is 10.1. The van der Waals surface area contributed by atoms with Crippen molar-refractivity contribution in [2.75, 3.05) is 17.4 Å². The third kappa shape index (κ3) is 5.57. The van der Waals surface area contributed by atoms with E-state index in [1.807, 2.05) is 56.3 Å². The van der Waals surface area contributed by atoms with Gasteiger partial charge in [-0.1, -0.05) is 42.5 Å². The summed E-state index contributed by atoms with van der Waals surface area (Å²) >= 11 is -2.58. The Labute approximate surface area is 184 Å². The van der Waals surface area contributed by atoms with Gasteiger partial charge in [0.25, 0.3) is 5.91 Å². The minimum atomic E-state index is -2.58. The van der Waals surface area contributed by atoms with Crippen LogP contribution in [0.1, 0.15) is 29.8 Å². The van der Waals surface area contributed by atoms with Crippen LogP contribution in [-0.4, -0.2) is 32.7 Å². The molecule has 3 aromatic carbocycles. The highest BCUT2D eigenvalue weighted by molar-refractivity contribution is 7.80. The maximum atomic E-state index is 14.2. The second-order valence-corrected chi connectivity index (χ2v) is 7.87. The Bertz CT molecular complexity index is 1050. The smallest absolute Gasteiger partial charge is 0.253 e. The van der Waals surface area contributed by atoms with Crippen LogP contribution < -0.4 is 4.31 Å². The van der Waals surface area contributed by atoms with Crippen LogP contribution in [0.2, 0.25) is 0 Å². The van der Waals surface area contributed by atoms with Gasteiger partial charge in [0.05, 0.1) is 6.54 Å². The summed E-state index contributed by atoms with van der Waals surface area (Å²) in [4.78, 5) is 14.2. The lowest BCUT2D eigenvalue weighted by molar-refractivity contribution is 0.0772. The Morgan fingerprint density at radius 1 is 0.935 bits per heavy atom. The summed E-state index contributed by atoms with van der Waals surface area (Å²) in [5.41, 5.74) is 3.03. The molecule has 0 bridgehead atoms. The molecule has 162 valence electrons. The maximum absolute atomic E-state index is 14.2. The summed E-state index contributed by atoms with van der Waals surface area (Å²) in [6.45, 7) is 4.63. The van der Waals surface area contributed by atoms with Gasteiger partial charge in [-0.25, -0.2) is 4.39 Å². The molecule has 3 rings (SSSR count). The number of halogens is 1. The minimum absolute atomic E-state index is 0.0862. The molecule has 0 saturated heterocycles. The Hall–Kier alpha value is -3.03. The Balaban J connectivity index is 1.87. The molecule has 1 unspecified atom stereocenters. The van der Waals surface area contributed by atoms with Crippen LogP contribution in [0.5, 0.6) is 0 Å². The highest BCUT2D eigenvalue weighted by Gasteiger charge is 2.16. The number of hydrogen-bond acceptors (Lipinski definition) is 3. The van der Waals surface area contributed by atoms with Crippen molar-refractivity contribution >= 4 is 22.9 Å². The van der Waals surface area contributed by atoms with E-state index in [9.17, 15) is 17.9 Å². The monoisotopic (exact) mass is 439 g/mol. The van der Waals surface area contributed by atoms with E-state index >= 15 is 0 Å². The van der Waals surface area contributed by atoms with E-state index in [0.717, 1.165) is 15.4 Å². The highest BCUT2D eigenvalue weighted by Crippen LogP contribution is 2.25. The molecule has 7 heteroatoms. The van der Waals surface area contributed by atoms with Crippen LogP contribution in [0.4, 0.5) is 10.1 Å². The number of carbonyl (C=O) groups is 1. The third-order valence-electron chi connectivity index (χ3n) is 5.02. The second-order valence-electron chi connectivity index (χ2n) is 6.99. The largest absolute Gasteiger partial charge is 0.755 e. The van der Waals surface area contributed by atoms with Crippen LogP contribution in [0, 0.1) is 5.82 Å². The van der Waals surface area contributed by atoms with Crippen molar-refractivity contribution in [3.05, 3.63) is 89.7 Å². The molecule has 0 aliphatic rings. The molecule has 0 fully saturated rings. The van der Waals surface area contributed by atoms with Gasteiger partial charge in [0.2, 0.25) is 0 Å². The molecule has 0 radical (unpaired) electrons. The Morgan fingerprint density at radius 3 is 2.13 bits per heavy atom. The molecule has 1 amide bonds. The quantitative estimate of drug-likeness (QED) is 0.475.